The molecule has 1 aromatic heterocycles. The van der Waals surface area contributed by atoms with E-state index in [0.717, 1.165) is 11.3 Å². The Morgan fingerprint density at radius 1 is 1.04 bits per heavy atom. The second-order valence-corrected chi connectivity index (χ2v) is 4.93. The highest BCUT2D eigenvalue weighted by Crippen LogP contribution is 2.21. The van der Waals surface area contributed by atoms with Crippen molar-refractivity contribution in [3.63, 3.8) is 0 Å². The number of nitrogens with one attached hydrogen (secondary N) is 1. The number of rotatable bonds is 5. The molecule has 0 amide bonds. The lowest BCUT2D eigenvalue weighted by Gasteiger charge is -2.08. The number of halogens is 1. The Morgan fingerprint density at radius 2 is 1.79 bits per heavy atom. The van der Waals surface area contributed by atoms with Crippen molar-refractivity contribution in [2.75, 3.05) is 5.32 Å². The SMILES string of the molecule is N#CCc1ccc(Nc2nccc(Oc3ccc(F)cc3)n2)cc1. The molecule has 24 heavy (non-hydrogen) atoms. The second-order valence-electron chi connectivity index (χ2n) is 4.93. The molecule has 3 rings (SSSR count). The minimum Gasteiger partial charge on any atom is -0.439 e. The van der Waals surface area contributed by atoms with Crippen LogP contribution in [0, 0.1) is 17.1 Å². The molecule has 0 fully saturated rings. The molecule has 1 N–H and O–H groups in total. The fourth-order valence-corrected chi connectivity index (χ4v) is 2.01. The highest BCUT2D eigenvalue weighted by molar-refractivity contribution is 5.54. The van der Waals surface area contributed by atoms with Gasteiger partial charge in [-0.1, -0.05) is 12.1 Å². The number of anilines is 2. The molecule has 0 aliphatic rings. The van der Waals surface area contributed by atoms with Crippen molar-refractivity contribution < 1.29 is 9.13 Å². The van der Waals surface area contributed by atoms with Crippen molar-refractivity contribution in [3.8, 4) is 17.7 Å². The number of nitriles is 1. The van der Waals surface area contributed by atoms with E-state index in [9.17, 15) is 4.39 Å². The van der Waals surface area contributed by atoms with Gasteiger partial charge in [-0.3, -0.25) is 0 Å². The minimum atomic E-state index is -0.327. The van der Waals surface area contributed by atoms with E-state index in [1.54, 1.807) is 12.3 Å². The van der Waals surface area contributed by atoms with Crippen LogP contribution < -0.4 is 10.1 Å². The molecule has 1 heterocycles. The Kier molecular flexibility index (Phi) is 4.63. The molecule has 118 valence electrons. The van der Waals surface area contributed by atoms with Crippen LogP contribution in [0.15, 0.2) is 60.8 Å². The molecule has 0 aliphatic heterocycles. The lowest BCUT2D eigenvalue weighted by Crippen LogP contribution is -1.98. The zero-order valence-electron chi connectivity index (χ0n) is 12.6. The van der Waals surface area contributed by atoms with Gasteiger partial charge in [0.25, 0.3) is 0 Å². The lowest BCUT2D eigenvalue weighted by molar-refractivity contribution is 0.461. The molecule has 0 unspecified atom stereocenters. The number of hydrogen-bond acceptors (Lipinski definition) is 5. The van der Waals surface area contributed by atoms with Crippen molar-refractivity contribution in [3.05, 3.63) is 72.2 Å². The van der Waals surface area contributed by atoms with Crippen molar-refractivity contribution in [1.82, 2.24) is 9.97 Å². The summed E-state index contributed by atoms with van der Waals surface area (Å²) in [5.41, 5.74) is 1.74. The number of aromatic nitrogens is 2. The van der Waals surface area contributed by atoms with Gasteiger partial charge < -0.3 is 10.1 Å². The summed E-state index contributed by atoms with van der Waals surface area (Å²) in [5.74, 6) is 0.886. The zero-order valence-corrected chi connectivity index (χ0v) is 12.6. The molecule has 2 aromatic carbocycles. The smallest absolute Gasteiger partial charge is 0.230 e. The monoisotopic (exact) mass is 320 g/mol. The van der Waals surface area contributed by atoms with Gasteiger partial charge in [0.05, 0.1) is 12.5 Å². The van der Waals surface area contributed by atoms with Crippen molar-refractivity contribution in [1.29, 1.82) is 5.26 Å². The largest absolute Gasteiger partial charge is 0.439 e. The summed E-state index contributed by atoms with van der Waals surface area (Å²) in [7, 11) is 0. The van der Waals surface area contributed by atoms with Gasteiger partial charge in [0.1, 0.15) is 11.6 Å². The summed E-state index contributed by atoms with van der Waals surface area (Å²) in [5, 5.41) is 11.7. The first-order valence-electron chi connectivity index (χ1n) is 7.22. The number of benzene rings is 2. The number of hydrogen-bond donors (Lipinski definition) is 1. The van der Waals surface area contributed by atoms with E-state index >= 15 is 0 Å². The van der Waals surface area contributed by atoms with Gasteiger partial charge in [-0.15, -0.1) is 0 Å². The molecule has 3 aromatic rings. The van der Waals surface area contributed by atoms with E-state index < -0.39 is 0 Å². The highest BCUT2D eigenvalue weighted by Gasteiger charge is 2.03. The summed E-state index contributed by atoms with van der Waals surface area (Å²) in [6.45, 7) is 0. The van der Waals surface area contributed by atoms with Gasteiger partial charge in [0, 0.05) is 18.0 Å². The molecule has 0 atom stereocenters. The molecule has 0 bridgehead atoms. The van der Waals surface area contributed by atoms with Crippen LogP contribution in [-0.4, -0.2) is 9.97 Å². The van der Waals surface area contributed by atoms with Crippen LogP contribution in [0.3, 0.4) is 0 Å². The van der Waals surface area contributed by atoms with E-state index in [0.29, 0.717) is 24.0 Å². The summed E-state index contributed by atoms with van der Waals surface area (Å²) in [6.07, 6.45) is 1.94. The lowest BCUT2D eigenvalue weighted by atomic mass is 10.1. The first kappa shape index (κ1) is 15.4. The molecule has 0 spiro atoms. The molecule has 0 radical (unpaired) electrons. The third-order valence-electron chi connectivity index (χ3n) is 3.16. The third kappa shape index (κ3) is 4.05. The molecule has 0 saturated heterocycles. The fourth-order valence-electron chi connectivity index (χ4n) is 2.01. The summed E-state index contributed by atoms with van der Waals surface area (Å²) >= 11 is 0. The van der Waals surface area contributed by atoms with Gasteiger partial charge >= 0.3 is 0 Å². The van der Waals surface area contributed by atoms with Crippen LogP contribution in [0.2, 0.25) is 0 Å². The predicted molar refractivity (Wildman–Crippen MR) is 87.5 cm³/mol. The highest BCUT2D eigenvalue weighted by atomic mass is 19.1. The van der Waals surface area contributed by atoms with Crippen LogP contribution in [0.1, 0.15) is 5.56 Å². The van der Waals surface area contributed by atoms with Crippen LogP contribution in [0.5, 0.6) is 11.6 Å². The van der Waals surface area contributed by atoms with Gasteiger partial charge in [-0.25, -0.2) is 9.37 Å². The van der Waals surface area contributed by atoms with Crippen LogP contribution in [-0.2, 0) is 6.42 Å². The molecule has 5 nitrogen and oxygen atoms in total. The average Bonchev–Trinajstić information content (AvgIpc) is 2.59. The van der Waals surface area contributed by atoms with E-state index in [-0.39, 0.29) is 5.82 Å². The second kappa shape index (κ2) is 7.20. The van der Waals surface area contributed by atoms with Crippen LogP contribution in [0.4, 0.5) is 16.0 Å². The van der Waals surface area contributed by atoms with E-state index in [4.69, 9.17) is 10.00 Å². The normalized spacial score (nSPS) is 10.0. The zero-order chi connectivity index (χ0) is 16.8. The van der Waals surface area contributed by atoms with Crippen molar-refractivity contribution >= 4 is 11.6 Å². The summed E-state index contributed by atoms with van der Waals surface area (Å²) in [4.78, 5) is 8.39. The Balaban J connectivity index is 1.70. The van der Waals surface area contributed by atoms with Crippen LogP contribution in [0.25, 0.3) is 0 Å². The van der Waals surface area contributed by atoms with Gasteiger partial charge in [-0.2, -0.15) is 10.2 Å². The van der Waals surface area contributed by atoms with Crippen molar-refractivity contribution in [2.24, 2.45) is 0 Å². The number of nitrogens with zero attached hydrogens (tertiary/aromatic N) is 3. The van der Waals surface area contributed by atoms with Crippen molar-refractivity contribution in [2.45, 2.75) is 6.42 Å². The topological polar surface area (TPSA) is 70.8 Å². The quantitative estimate of drug-likeness (QED) is 0.762. The average molecular weight is 320 g/mol. The summed E-state index contributed by atoms with van der Waals surface area (Å²) in [6, 6.07) is 16.8. The van der Waals surface area contributed by atoms with Crippen LogP contribution >= 0.6 is 0 Å². The Bertz CT molecular complexity index is 857. The first-order chi connectivity index (χ1) is 11.7. The number of ether oxygens (including phenoxy) is 1. The Labute approximate surface area is 138 Å². The van der Waals surface area contributed by atoms with Gasteiger partial charge in [0.15, 0.2) is 0 Å². The van der Waals surface area contributed by atoms with E-state index in [1.807, 2.05) is 24.3 Å². The third-order valence-corrected chi connectivity index (χ3v) is 3.16. The fraction of sp³-hybridized carbons (Fsp3) is 0.0556. The molecular formula is C18H13FN4O. The van der Waals surface area contributed by atoms with E-state index in [1.165, 1.54) is 24.3 Å². The van der Waals surface area contributed by atoms with Gasteiger partial charge in [0.2, 0.25) is 11.8 Å². The molecular weight excluding hydrogens is 307 g/mol. The minimum absolute atomic E-state index is 0.327. The van der Waals surface area contributed by atoms with Gasteiger partial charge in [-0.05, 0) is 42.0 Å². The Hall–Kier alpha value is -3.46. The first-order valence-corrected chi connectivity index (χ1v) is 7.22. The Morgan fingerprint density at radius 3 is 2.50 bits per heavy atom. The maximum absolute atomic E-state index is 12.9. The predicted octanol–water partition coefficient (Wildman–Crippen LogP) is 4.22. The van der Waals surface area contributed by atoms with E-state index in [2.05, 4.69) is 21.4 Å². The maximum atomic E-state index is 12.9. The standard InChI is InChI=1S/C18H13FN4O/c19-14-3-7-16(8-4-14)24-17-10-12-21-18(23-17)22-15-5-1-13(2-6-15)9-11-20/h1-8,10,12H,9H2,(H,21,22,23). The molecule has 0 saturated carbocycles. The molecule has 6 heteroatoms. The maximum Gasteiger partial charge on any atom is 0.230 e. The molecule has 0 aliphatic carbocycles. The summed E-state index contributed by atoms with van der Waals surface area (Å²) < 4.78 is 18.5.